The molecule has 0 atom stereocenters. The average molecular weight is 290 g/mol. The third-order valence-electron chi connectivity index (χ3n) is 2.43. The summed E-state index contributed by atoms with van der Waals surface area (Å²) in [7, 11) is -1.34. The molecule has 0 aliphatic carbocycles. The molecule has 1 aromatic carbocycles. The van der Waals surface area contributed by atoms with E-state index in [4.69, 9.17) is 18.0 Å². The molecule has 0 radical (unpaired) electrons. The van der Waals surface area contributed by atoms with E-state index in [2.05, 4.69) is 0 Å². The van der Waals surface area contributed by atoms with Gasteiger partial charge in [-0.05, 0) is 18.2 Å². The van der Waals surface area contributed by atoms with Crippen LogP contribution in [0.1, 0.15) is 5.56 Å². The number of rotatable bonds is 5. The van der Waals surface area contributed by atoms with E-state index in [-0.39, 0.29) is 10.7 Å². The summed E-state index contributed by atoms with van der Waals surface area (Å²) in [6.07, 6.45) is 1.17. The predicted molar refractivity (Wildman–Crippen MR) is 75.3 cm³/mol. The SMILES string of the molecule is CN(CCS(C)(=O)=O)c1ccc(F)cc1C(N)=S. The van der Waals surface area contributed by atoms with Crippen molar-refractivity contribution < 1.29 is 12.8 Å². The Hall–Kier alpha value is -1.21. The largest absolute Gasteiger partial charge is 0.389 e. The summed E-state index contributed by atoms with van der Waals surface area (Å²) in [5.74, 6) is -0.421. The van der Waals surface area contributed by atoms with Crippen LogP contribution in [0.3, 0.4) is 0 Å². The molecular formula is C11H15FN2O2S2. The molecule has 0 saturated heterocycles. The first-order chi connectivity index (χ1) is 8.20. The van der Waals surface area contributed by atoms with Crippen LogP contribution in [0.4, 0.5) is 10.1 Å². The molecule has 0 unspecified atom stereocenters. The number of hydrogen-bond acceptors (Lipinski definition) is 4. The Morgan fingerprint density at radius 2 is 2.11 bits per heavy atom. The monoisotopic (exact) mass is 290 g/mol. The van der Waals surface area contributed by atoms with Crippen molar-refractivity contribution in [3.63, 3.8) is 0 Å². The van der Waals surface area contributed by atoms with Gasteiger partial charge in [-0.15, -0.1) is 0 Å². The number of nitrogens with zero attached hydrogens (tertiary/aromatic N) is 1. The zero-order chi connectivity index (χ0) is 13.9. The van der Waals surface area contributed by atoms with Crippen LogP contribution in [0.15, 0.2) is 18.2 Å². The lowest BCUT2D eigenvalue weighted by atomic mass is 10.1. The normalized spacial score (nSPS) is 11.3. The minimum Gasteiger partial charge on any atom is -0.389 e. The fourth-order valence-corrected chi connectivity index (χ4v) is 2.23. The summed E-state index contributed by atoms with van der Waals surface area (Å²) in [6.45, 7) is 0.292. The predicted octanol–water partition coefficient (Wildman–Crippen LogP) is 0.941. The molecule has 0 amide bonds. The lowest BCUT2D eigenvalue weighted by Gasteiger charge is -2.21. The molecule has 0 aliphatic heterocycles. The van der Waals surface area contributed by atoms with Gasteiger partial charge in [0.1, 0.15) is 20.6 Å². The molecule has 1 rings (SSSR count). The van der Waals surface area contributed by atoms with Gasteiger partial charge in [0.15, 0.2) is 0 Å². The maximum atomic E-state index is 13.1. The first kappa shape index (κ1) is 14.8. The van der Waals surface area contributed by atoms with Crippen LogP contribution in [0.2, 0.25) is 0 Å². The van der Waals surface area contributed by atoms with Crippen molar-refractivity contribution in [2.75, 3.05) is 30.5 Å². The number of benzene rings is 1. The van der Waals surface area contributed by atoms with E-state index in [1.54, 1.807) is 11.9 Å². The van der Waals surface area contributed by atoms with E-state index in [1.165, 1.54) is 24.5 Å². The van der Waals surface area contributed by atoms with Crippen molar-refractivity contribution in [1.82, 2.24) is 0 Å². The highest BCUT2D eigenvalue weighted by Gasteiger charge is 2.12. The third kappa shape index (κ3) is 4.23. The van der Waals surface area contributed by atoms with Gasteiger partial charge in [0.2, 0.25) is 0 Å². The molecule has 2 N–H and O–H groups in total. The van der Waals surface area contributed by atoms with Gasteiger partial charge in [-0.25, -0.2) is 12.8 Å². The molecule has 18 heavy (non-hydrogen) atoms. The first-order valence-corrected chi connectivity index (χ1v) is 7.66. The maximum absolute atomic E-state index is 13.1. The molecule has 4 nitrogen and oxygen atoms in total. The zero-order valence-electron chi connectivity index (χ0n) is 10.2. The van der Waals surface area contributed by atoms with E-state index < -0.39 is 15.7 Å². The van der Waals surface area contributed by atoms with Crippen LogP contribution in [0.5, 0.6) is 0 Å². The zero-order valence-corrected chi connectivity index (χ0v) is 11.8. The summed E-state index contributed by atoms with van der Waals surface area (Å²) >= 11 is 4.85. The Labute approximate surface area is 112 Å². The number of hydrogen-bond donors (Lipinski definition) is 1. The van der Waals surface area contributed by atoms with Gasteiger partial charge in [-0.2, -0.15) is 0 Å². The van der Waals surface area contributed by atoms with Crippen LogP contribution < -0.4 is 10.6 Å². The fourth-order valence-electron chi connectivity index (χ4n) is 1.46. The molecule has 1 aromatic rings. The van der Waals surface area contributed by atoms with Crippen LogP contribution in [-0.4, -0.2) is 39.0 Å². The van der Waals surface area contributed by atoms with Crippen molar-refractivity contribution in [3.8, 4) is 0 Å². The van der Waals surface area contributed by atoms with Crippen molar-refractivity contribution >= 4 is 32.7 Å². The van der Waals surface area contributed by atoms with Crippen LogP contribution in [0, 0.1) is 5.82 Å². The second-order valence-electron chi connectivity index (χ2n) is 4.08. The number of anilines is 1. The summed E-state index contributed by atoms with van der Waals surface area (Å²) in [5, 5.41) is 0. The van der Waals surface area contributed by atoms with Gasteiger partial charge in [-0.3, -0.25) is 0 Å². The average Bonchev–Trinajstić information content (AvgIpc) is 2.24. The quantitative estimate of drug-likeness (QED) is 0.818. The van der Waals surface area contributed by atoms with Gasteiger partial charge in [-0.1, -0.05) is 12.2 Å². The third-order valence-corrected chi connectivity index (χ3v) is 3.58. The molecule has 0 fully saturated rings. The topological polar surface area (TPSA) is 63.4 Å². The van der Waals surface area contributed by atoms with Gasteiger partial charge in [0.25, 0.3) is 0 Å². The van der Waals surface area contributed by atoms with Crippen LogP contribution >= 0.6 is 12.2 Å². The van der Waals surface area contributed by atoms with E-state index in [0.717, 1.165) is 0 Å². The molecule has 100 valence electrons. The van der Waals surface area contributed by atoms with Gasteiger partial charge < -0.3 is 10.6 Å². The minimum atomic E-state index is -3.05. The van der Waals surface area contributed by atoms with Gasteiger partial charge in [0.05, 0.1) is 5.75 Å². The standard InChI is InChI=1S/C11H15FN2O2S2/c1-14(5-6-18(2,15)16)10-4-3-8(12)7-9(10)11(13)17/h3-4,7H,5-6H2,1-2H3,(H2,13,17). The van der Waals surface area contributed by atoms with E-state index in [0.29, 0.717) is 17.8 Å². The second kappa shape index (κ2) is 5.62. The molecule has 0 heterocycles. The molecular weight excluding hydrogens is 275 g/mol. The smallest absolute Gasteiger partial charge is 0.149 e. The lowest BCUT2D eigenvalue weighted by molar-refractivity contribution is 0.601. The lowest BCUT2D eigenvalue weighted by Crippen LogP contribution is -2.27. The number of thiocarbonyl (C=S) groups is 1. The summed E-state index contributed by atoms with van der Waals surface area (Å²) < 4.78 is 35.3. The maximum Gasteiger partial charge on any atom is 0.149 e. The Morgan fingerprint density at radius 3 is 2.61 bits per heavy atom. The second-order valence-corrected chi connectivity index (χ2v) is 6.78. The molecule has 0 bridgehead atoms. The highest BCUT2D eigenvalue weighted by atomic mass is 32.2. The van der Waals surface area contributed by atoms with Gasteiger partial charge in [0, 0.05) is 31.1 Å². The summed E-state index contributed by atoms with van der Waals surface area (Å²) in [5.41, 5.74) is 6.54. The van der Waals surface area contributed by atoms with Gasteiger partial charge >= 0.3 is 0 Å². The Morgan fingerprint density at radius 1 is 1.50 bits per heavy atom. The summed E-state index contributed by atoms with van der Waals surface area (Å²) in [6, 6.07) is 4.06. The molecule has 7 heteroatoms. The van der Waals surface area contributed by atoms with Crippen LogP contribution in [-0.2, 0) is 9.84 Å². The van der Waals surface area contributed by atoms with Crippen molar-refractivity contribution in [2.24, 2.45) is 5.73 Å². The Balaban J connectivity index is 2.98. The van der Waals surface area contributed by atoms with Crippen molar-refractivity contribution in [2.45, 2.75) is 0 Å². The van der Waals surface area contributed by atoms with E-state index in [1.807, 2.05) is 0 Å². The van der Waals surface area contributed by atoms with E-state index >= 15 is 0 Å². The number of halogens is 1. The molecule has 0 aromatic heterocycles. The van der Waals surface area contributed by atoms with E-state index in [9.17, 15) is 12.8 Å². The van der Waals surface area contributed by atoms with Crippen LogP contribution in [0.25, 0.3) is 0 Å². The highest BCUT2D eigenvalue weighted by molar-refractivity contribution is 7.90. The first-order valence-electron chi connectivity index (χ1n) is 5.19. The van der Waals surface area contributed by atoms with Crippen molar-refractivity contribution in [1.29, 1.82) is 0 Å². The molecule has 0 spiro atoms. The number of nitrogens with two attached hydrogens (primary N) is 1. The minimum absolute atomic E-state index is 0.0116. The Bertz CT molecular complexity index is 558. The summed E-state index contributed by atoms with van der Waals surface area (Å²) in [4.78, 5) is 1.77. The molecule has 0 aliphatic rings. The number of sulfone groups is 1. The molecule has 0 saturated carbocycles. The fraction of sp³-hybridized carbons (Fsp3) is 0.364. The highest BCUT2D eigenvalue weighted by Crippen LogP contribution is 2.20. The Kier molecular flexibility index (Phi) is 4.64. The van der Waals surface area contributed by atoms with Crippen molar-refractivity contribution in [3.05, 3.63) is 29.6 Å².